The lowest BCUT2D eigenvalue weighted by Gasteiger charge is -2.12. The molecule has 0 spiro atoms. The first kappa shape index (κ1) is 23.1. The number of carbonyl (C=O) groups is 1. The van der Waals surface area contributed by atoms with Crippen molar-refractivity contribution in [1.82, 2.24) is 14.9 Å². The quantitative estimate of drug-likeness (QED) is 0.294. The summed E-state index contributed by atoms with van der Waals surface area (Å²) in [5, 5.41) is 4.23. The summed E-state index contributed by atoms with van der Waals surface area (Å²) < 4.78 is 8.15. The maximum Gasteiger partial charge on any atom is 0.251 e. The zero-order valence-corrected chi connectivity index (χ0v) is 19.9. The second-order valence-electron chi connectivity index (χ2n) is 7.80. The molecule has 1 heterocycles. The number of rotatable bonds is 9. The third-order valence-electron chi connectivity index (χ3n) is 5.40. The van der Waals surface area contributed by atoms with Crippen LogP contribution in [-0.2, 0) is 13.0 Å². The summed E-state index contributed by atoms with van der Waals surface area (Å²) in [5.74, 6) is 1.65. The summed E-state index contributed by atoms with van der Waals surface area (Å²) in [7, 11) is 0. The van der Waals surface area contributed by atoms with Crippen LogP contribution in [0.5, 0.6) is 5.75 Å². The van der Waals surface area contributed by atoms with E-state index < -0.39 is 0 Å². The Morgan fingerprint density at radius 3 is 2.73 bits per heavy atom. The number of aryl methyl sites for hydroxylation is 2. The summed E-state index contributed by atoms with van der Waals surface area (Å²) in [6, 6.07) is 20.7. The Kier molecular flexibility index (Phi) is 7.53. The van der Waals surface area contributed by atoms with Gasteiger partial charge in [0.15, 0.2) is 0 Å². The Balaban J connectivity index is 1.37. The van der Waals surface area contributed by atoms with Crippen molar-refractivity contribution in [1.29, 1.82) is 0 Å². The monoisotopic (exact) mass is 481 g/mol. The highest BCUT2D eigenvalue weighted by Crippen LogP contribution is 2.22. The van der Waals surface area contributed by atoms with Crippen LogP contribution < -0.4 is 10.1 Å². The van der Waals surface area contributed by atoms with E-state index in [-0.39, 0.29) is 5.91 Å². The van der Waals surface area contributed by atoms with E-state index in [1.807, 2.05) is 43.3 Å². The third-order valence-corrected chi connectivity index (χ3v) is 6.06. The van der Waals surface area contributed by atoms with Gasteiger partial charge >= 0.3 is 0 Å². The van der Waals surface area contributed by atoms with Crippen molar-refractivity contribution in [2.24, 2.45) is 0 Å². The highest BCUT2D eigenvalue weighted by Gasteiger charge is 2.11. The Hall–Kier alpha value is -3.02. The number of hydrogen-bond donors (Lipinski definition) is 1. The van der Waals surface area contributed by atoms with Crippen LogP contribution >= 0.6 is 23.2 Å². The maximum absolute atomic E-state index is 12.3. The minimum Gasteiger partial charge on any atom is -0.492 e. The molecule has 0 fully saturated rings. The average Bonchev–Trinajstić information content (AvgIpc) is 3.16. The van der Waals surface area contributed by atoms with Gasteiger partial charge in [0.2, 0.25) is 0 Å². The first-order valence-corrected chi connectivity index (χ1v) is 11.6. The largest absolute Gasteiger partial charge is 0.492 e. The third kappa shape index (κ3) is 5.86. The van der Waals surface area contributed by atoms with E-state index in [4.69, 9.17) is 32.9 Å². The highest BCUT2D eigenvalue weighted by atomic mass is 35.5. The van der Waals surface area contributed by atoms with Crippen molar-refractivity contribution in [3.8, 4) is 5.75 Å². The molecule has 7 heteroatoms. The van der Waals surface area contributed by atoms with E-state index in [1.54, 1.807) is 24.3 Å². The molecular formula is C26H25Cl2N3O2. The molecule has 0 saturated heterocycles. The lowest BCUT2D eigenvalue weighted by Crippen LogP contribution is -2.25. The first-order chi connectivity index (χ1) is 16.0. The van der Waals surface area contributed by atoms with E-state index in [2.05, 4.69) is 16.0 Å². The smallest absolute Gasteiger partial charge is 0.251 e. The van der Waals surface area contributed by atoms with Gasteiger partial charge in [-0.3, -0.25) is 4.79 Å². The fourth-order valence-electron chi connectivity index (χ4n) is 3.71. The Labute approximate surface area is 203 Å². The van der Waals surface area contributed by atoms with Gasteiger partial charge in [-0.1, -0.05) is 41.4 Å². The van der Waals surface area contributed by atoms with Crippen LogP contribution in [-0.4, -0.2) is 28.6 Å². The summed E-state index contributed by atoms with van der Waals surface area (Å²) in [6.07, 6.45) is 1.51. The highest BCUT2D eigenvalue weighted by molar-refractivity contribution is 6.31. The minimum atomic E-state index is -0.127. The molecule has 0 atom stereocenters. The van der Waals surface area contributed by atoms with Crippen LogP contribution in [0.4, 0.5) is 0 Å². The zero-order chi connectivity index (χ0) is 23.2. The van der Waals surface area contributed by atoms with E-state index in [0.29, 0.717) is 30.3 Å². The number of fused-ring (bicyclic) bond motifs is 1. The predicted molar refractivity (Wildman–Crippen MR) is 134 cm³/mol. The van der Waals surface area contributed by atoms with E-state index >= 15 is 0 Å². The molecule has 5 nitrogen and oxygen atoms in total. The van der Waals surface area contributed by atoms with Crippen molar-refractivity contribution < 1.29 is 9.53 Å². The molecule has 3 aromatic carbocycles. The summed E-state index contributed by atoms with van der Waals surface area (Å²) in [6.45, 7) is 3.70. The lowest BCUT2D eigenvalue weighted by atomic mass is 10.2. The Morgan fingerprint density at radius 1 is 1.06 bits per heavy atom. The van der Waals surface area contributed by atoms with Gasteiger partial charge in [-0.25, -0.2) is 4.98 Å². The van der Waals surface area contributed by atoms with E-state index in [0.717, 1.165) is 46.0 Å². The van der Waals surface area contributed by atoms with Crippen molar-refractivity contribution in [3.05, 3.63) is 93.7 Å². The number of halogens is 2. The molecule has 0 bridgehead atoms. The maximum atomic E-state index is 12.3. The van der Waals surface area contributed by atoms with Gasteiger partial charge in [0.1, 0.15) is 18.2 Å². The molecule has 4 aromatic rings. The zero-order valence-electron chi connectivity index (χ0n) is 18.4. The van der Waals surface area contributed by atoms with Gasteiger partial charge < -0.3 is 14.6 Å². The Morgan fingerprint density at radius 2 is 1.91 bits per heavy atom. The second-order valence-corrected chi connectivity index (χ2v) is 8.64. The molecule has 0 aliphatic carbocycles. The van der Waals surface area contributed by atoms with Crippen molar-refractivity contribution >= 4 is 40.1 Å². The lowest BCUT2D eigenvalue weighted by molar-refractivity contribution is 0.0953. The van der Waals surface area contributed by atoms with E-state index in [9.17, 15) is 4.79 Å². The molecule has 0 radical (unpaired) electrons. The molecule has 170 valence electrons. The van der Waals surface area contributed by atoms with Gasteiger partial charge in [-0.15, -0.1) is 0 Å². The molecule has 1 amide bonds. The molecule has 0 aliphatic heterocycles. The molecule has 1 N–H and O–H groups in total. The minimum absolute atomic E-state index is 0.127. The number of benzene rings is 3. The van der Waals surface area contributed by atoms with Crippen LogP contribution in [0.2, 0.25) is 10.0 Å². The van der Waals surface area contributed by atoms with Gasteiger partial charge in [0.25, 0.3) is 5.91 Å². The molecule has 0 aliphatic rings. The summed E-state index contributed by atoms with van der Waals surface area (Å²) in [4.78, 5) is 17.1. The average molecular weight is 482 g/mol. The van der Waals surface area contributed by atoms with Crippen LogP contribution in [0.1, 0.15) is 28.2 Å². The van der Waals surface area contributed by atoms with Crippen molar-refractivity contribution in [2.75, 3.05) is 13.2 Å². The molecular weight excluding hydrogens is 457 g/mol. The van der Waals surface area contributed by atoms with Crippen molar-refractivity contribution in [3.63, 3.8) is 0 Å². The number of imidazole rings is 1. The SMILES string of the molecule is Cc1cc(OCCn2c(CCCNC(=O)c3cccc(Cl)c3)nc3ccccc32)ccc1Cl. The van der Waals surface area contributed by atoms with Crippen molar-refractivity contribution in [2.45, 2.75) is 26.3 Å². The molecule has 0 saturated carbocycles. The number of ether oxygens (including phenoxy) is 1. The molecule has 0 unspecified atom stereocenters. The number of amides is 1. The standard InChI is InChI=1S/C26H25Cl2N3O2/c1-18-16-21(11-12-22(18)28)33-15-14-31-24-9-3-2-8-23(24)30-25(31)10-5-13-29-26(32)19-6-4-7-20(27)17-19/h2-4,6-9,11-12,16-17H,5,10,13-15H2,1H3,(H,29,32). The number of hydrogen-bond acceptors (Lipinski definition) is 3. The molecule has 4 rings (SSSR count). The molecule has 33 heavy (non-hydrogen) atoms. The van der Waals surface area contributed by atoms with Crippen LogP contribution in [0.25, 0.3) is 11.0 Å². The van der Waals surface area contributed by atoms with Crippen LogP contribution in [0.3, 0.4) is 0 Å². The topological polar surface area (TPSA) is 56.1 Å². The fraction of sp³-hybridized carbons (Fsp3) is 0.231. The normalized spacial score (nSPS) is 11.0. The number of carbonyl (C=O) groups excluding carboxylic acids is 1. The van der Waals surface area contributed by atoms with Crippen LogP contribution in [0.15, 0.2) is 66.7 Å². The van der Waals surface area contributed by atoms with Crippen LogP contribution in [0, 0.1) is 6.92 Å². The number of nitrogens with one attached hydrogen (secondary N) is 1. The second kappa shape index (κ2) is 10.7. The summed E-state index contributed by atoms with van der Waals surface area (Å²) >= 11 is 12.1. The summed E-state index contributed by atoms with van der Waals surface area (Å²) in [5.41, 5.74) is 3.58. The number of nitrogens with zero attached hydrogens (tertiary/aromatic N) is 2. The number of aromatic nitrogens is 2. The van der Waals surface area contributed by atoms with Gasteiger partial charge in [-0.2, -0.15) is 0 Å². The van der Waals surface area contributed by atoms with Gasteiger partial charge in [0, 0.05) is 28.6 Å². The fourth-order valence-corrected chi connectivity index (χ4v) is 4.02. The van der Waals surface area contributed by atoms with Gasteiger partial charge in [-0.05, 0) is 67.4 Å². The van der Waals surface area contributed by atoms with Gasteiger partial charge in [0.05, 0.1) is 17.6 Å². The Bertz CT molecular complexity index is 1270. The first-order valence-electron chi connectivity index (χ1n) is 10.9. The molecule has 1 aromatic heterocycles. The predicted octanol–water partition coefficient (Wildman–Crippen LogP) is 6.09. The number of para-hydroxylation sites is 2. The van der Waals surface area contributed by atoms with E-state index in [1.165, 1.54) is 0 Å².